The van der Waals surface area contributed by atoms with Gasteiger partial charge in [-0.25, -0.2) is 4.98 Å². The number of hydrogen-bond acceptors (Lipinski definition) is 4. The Morgan fingerprint density at radius 2 is 1.68 bits per heavy atom. The molecule has 4 atom stereocenters. The highest BCUT2D eigenvalue weighted by Crippen LogP contribution is 2.57. The monoisotopic (exact) mass is 438 g/mol. The normalized spacial score (nSPS) is 25.0. The van der Waals surface area contributed by atoms with Crippen molar-refractivity contribution >= 4 is 28.3 Å². The number of amides is 1. The summed E-state index contributed by atoms with van der Waals surface area (Å²) in [5, 5.41) is 15.2. The Morgan fingerprint density at radius 1 is 1.06 bits per heavy atom. The molecule has 31 heavy (non-hydrogen) atoms. The van der Waals surface area contributed by atoms with E-state index in [1.54, 1.807) is 0 Å². The number of nitrogens with zero attached hydrogens (tertiary/aromatic N) is 1. The van der Waals surface area contributed by atoms with E-state index >= 15 is 0 Å². The minimum Gasteiger partial charge on any atom is -0.481 e. The molecule has 2 bridgehead atoms. The number of aliphatic carboxylic acids is 1. The molecule has 1 aromatic carbocycles. The first kappa shape index (κ1) is 21.8. The van der Waals surface area contributed by atoms with E-state index in [4.69, 9.17) is 0 Å². The molecule has 2 fully saturated rings. The van der Waals surface area contributed by atoms with Crippen LogP contribution in [0.3, 0.4) is 0 Å². The second kappa shape index (κ2) is 7.90. The van der Waals surface area contributed by atoms with E-state index in [1.165, 1.54) is 22.5 Å². The van der Waals surface area contributed by atoms with Gasteiger partial charge in [0.1, 0.15) is 0 Å². The molecule has 1 heterocycles. The number of benzene rings is 1. The van der Waals surface area contributed by atoms with Gasteiger partial charge in [0.25, 0.3) is 0 Å². The molecule has 0 aliphatic heterocycles. The van der Waals surface area contributed by atoms with Crippen LogP contribution in [0.1, 0.15) is 53.0 Å². The molecule has 1 amide bonds. The minimum absolute atomic E-state index is 0.0172. The molecular formula is C25H30N2O3S. The zero-order valence-corrected chi connectivity index (χ0v) is 19.5. The van der Waals surface area contributed by atoms with Crippen LogP contribution >= 0.6 is 11.3 Å². The number of carboxylic acid groups (broad SMARTS) is 1. The number of rotatable bonds is 4. The number of carbonyl (C=O) groups is 2. The summed E-state index contributed by atoms with van der Waals surface area (Å²) >= 11 is 1.38. The van der Waals surface area contributed by atoms with Gasteiger partial charge < -0.3 is 10.4 Å². The molecule has 1 aromatic heterocycles. The number of carbonyl (C=O) groups excluding carboxylic acids is 1. The molecule has 4 rings (SSSR count). The molecule has 0 unspecified atom stereocenters. The van der Waals surface area contributed by atoms with Gasteiger partial charge in [0.2, 0.25) is 5.91 Å². The topological polar surface area (TPSA) is 79.3 Å². The Hall–Kier alpha value is -2.47. The quantitative estimate of drug-likeness (QED) is 0.597. The first-order chi connectivity index (χ1) is 14.6. The minimum atomic E-state index is -0.870. The maximum absolute atomic E-state index is 13.2. The number of allylic oxidation sites excluding steroid dienone is 2. The van der Waals surface area contributed by atoms with Crippen molar-refractivity contribution in [2.75, 3.05) is 5.32 Å². The van der Waals surface area contributed by atoms with Gasteiger partial charge in [0.15, 0.2) is 5.13 Å². The van der Waals surface area contributed by atoms with Gasteiger partial charge in [0.05, 0.1) is 17.5 Å². The zero-order valence-electron chi connectivity index (χ0n) is 18.7. The van der Waals surface area contributed by atoms with Crippen LogP contribution in [-0.2, 0) is 15.0 Å². The van der Waals surface area contributed by atoms with Crippen molar-refractivity contribution in [2.24, 2.45) is 23.7 Å². The van der Waals surface area contributed by atoms with E-state index in [0.717, 1.165) is 29.7 Å². The van der Waals surface area contributed by atoms with E-state index in [0.29, 0.717) is 5.13 Å². The van der Waals surface area contributed by atoms with Gasteiger partial charge in [-0.05, 0) is 49.5 Å². The highest BCUT2D eigenvalue weighted by Gasteiger charge is 2.57. The second-order valence-electron chi connectivity index (χ2n) is 9.99. The smallest absolute Gasteiger partial charge is 0.307 e. The molecule has 2 N–H and O–H groups in total. The average molecular weight is 439 g/mol. The summed E-state index contributed by atoms with van der Waals surface area (Å²) in [4.78, 5) is 29.8. The van der Waals surface area contributed by atoms with Crippen LogP contribution in [0.25, 0.3) is 11.3 Å². The van der Waals surface area contributed by atoms with Crippen molar-refractivity contribution < 1.29 is 14.7 Å². The van der Waals surface area contributed by atoms with Crippen molar-refractivity contribution in [3.8, 4) is 11.3 Å². The highest BCUT2D eigenvalue weighted by atomic mass is 32.1. The van der Waals surface area contributed by atoms with Crippen molar-refractivity contribution in [1.82, 2.24) is 4.98 Å². The fraction of sp³-hybridized carbons (Fsp3) is 0.480. The van der Waals surface area contributed by atoms with E-state index in [1.807, 2.05) is 19.2 Å². The molecule has 2 saturated carbocycles. The first-order valence-corrected chi connectivity index (χ1v) is 11.7. The zero-order chi connectivity index (χ0) is 22.5. The molecule has 0 radical (unpaired) electrons. The number of nitrogens with one attached hydrogen (secondary N) is 1. The molecule has 2 aromatic rings. The molecule has 5 nitrogen and oxygen atoms in total. The molecule has 2 aliphatic carbocycles. The van der Waals surface area contributed by atoms with E-state index < -0.39 is 17.8 Å². The number of aromatic nitrogens is 1. The third kappa shape index (κ3) is 3.93. The first-order valence-electron chi connectivity index (χ1n) is 10.9. The Balaban J connectivity index is 1.53. The van der Waals surface area contributed by atoms with Gasteiger partial charge in [-0.3, -0.25) is 9.59 Å². The Labute approximate surface area is 187 Å². The van der Waals surface area contributed by atoms with Crippen LogP contribution in [0.15, 0.2) is 40.8 Å². The van der Waals surface area contributed by atoms with Gasteiger partial charge >= 0.3 is 5.97 Å². The number of anilines is 1. The largest absolute Gasteiger partial charge is 0.481 e. The number of hydrogen-bond donors (Lipinski definition) is 2. The van der Waals surface area contributed by atoms with E-state index in [9.17, 15) is 14.7 Å². The molecule has 0 saturated heterocycles. The van der Waals surface area contributed by atoms with Crippen molar-refractivity contribution in [3.05, 3.63) is 46.4 Å². The SMILES string of the molecule is CC(C)=C1[C@H]2CC[C@@H]1[C@H](C(=O)O)[C@@H]2C(=O)Nc1nc(-c2ccc(C(C)(C)C)cc2)cs1. The average Bonchev–Trinajstić information content (AvgIpc) is 3.40. The maximum Gasteiger partial charge on any atom is 0.307 e. The van der Waals surface area contributed by atoms with Crippen molar-refractivity contribution in [3.63, 3.8) is 0 Å². The predicted octanol–water partition coefficient (Wildman–Crippen LogP) is 5.74. The van der Waals surface area contributed by atoms with Gasteiger partial charge in [0, 0.05) is 10.9 Å². The summed E-state index contributed by atoms with van der Waals surface area (Å²) in [6, 6.07) is 8.33. The lowest BCUT2D eigenvalue weighted by Gasteiger charge is -2.25. The van der Waals surface area contributed by atoms with Crippen LogP contribution in [0.4, 0.5) is 5.13 Å². The summed E-state index contributed by atoms with van der Waals surface area (Å²) in [6.45, 7) is 10.6. The molecule has 164 valence electrons. The summed E-state index contributed by atoms with van der Waals surface area (Å²) in [5.41, 5.74) is 5.50. The Morgan fingerprint density at radius 3 is 2.23 bits per heavy atom. The lowest BCUT2D eigenvalue weighted by Crippen LogP contribution is -2.37. The van der Waals surface area contributed by atoms with Crippen LogP contribution in [0.2, 0.25) is 0 Å². The standard InChI is InChI=1S/C25H30N2O3S/c1-13(2)19-16-10-11-17(19)21(23(29)30)20(16)22(28)27-24-26-18(12-31-24)14-6-8-15(9-7-14)25(3,4)5/h6-9,12,16-17,20-21H,10-11H2,1-5H3,(H,29,30)(H,26,27,28)/t16-,17+,20-,21+/m1/s1. The number of carboxylic acids is 1. The van der Waals surface area contributed by atoms with Crippen LogP contribution < -0.4 is 5.32 Å². The van der Waals surface area contributed by atoms with Crippen LogP contribution in [0.5, 0.6) is 0 Å². The second-order valence-corrected chi connectivity index (χ2v) is 10.8. The van der Waals surface area contributed by atoms with Gasteiger partial charge in [-0.1, -0.05) is 56.2 Å². The molecule has 0 spiro atoms. The third-order valence-electron chi connectivity index (χ3n) is 6.79. The van der Waals surface area contributed by atoms with Gasteiger partial charge in [-0.2, -0.15) is 0 Å². The number of thiazole rings is 1. The van der Waals surface area contributed by atoms with Gasteiger partial charge in [-0.15, -0.1) is 11.3 Å². The fourth-order valence-electron chi connectivity index (χ4n) is 5.40. The Bertz CT molecular complexity index is 1040. The lowest BCUT2D eigenvalue weighted by molar-refractivity contribution is -0.148. The number of fused-ring (bicyclic) bond motifs is 2. The van der Waals surface area contributed by atoms with Crippen molar-refractivity contribution in [1.29, 1.82) is 0 Å². The maximum atomic E-state index is 13.2. The molecule has 6 heteroatoms. The van der Waals surface area contributed by atoms with Crippen LogP contribution in [0, 0.1) is 23.7 Å². The summed E-state index contributed by atoms with van der Waals surface area (Å²) in [7, 11) is 0. The fourth-order valence-corrected chi connectivity index (χ4v) is 6.12. The van der Waals surface area contributed by atoms with E-state index in [-0.39, 0.29) is 23.2 Å². The lowest BCUT2D eigenvalue weighted by atomic mass is 9.79. The third-order valence-corrected chi connectivity index (χ3v) is 7.55. The van der Waals surface area contributed by atoms with E-state index in [2.05, 4.69) is 55.3 Å². The van der Waals surface area contributed by atoms with Crippen molar-refractivity contribution in [2.45, 2.75) is 52.9 Å². The summed E-state index contributed by atoms with van der Waals surface area (Å²) < 4.78 is 0. The predicted molar refractivity (Wildman–Crippen MR) is 124 cm³/mol. The molecular weight excluding hydrogens is 408 g/mol. The van der Waals surface area contributed by atoms with Crippen LogP contribution in [-0.4, -0.2) is 22.0 Å². The molecule has 2 aliphatic rings. The highest BCUT2D eigenvalue weighted by molar-refractivity contribution is 7.14. The summed E-state index contributed by atoms with van der Waals surface area (Å²) in [5.74, 6) is -2.25. The summed E-state index contributed by atoms with van der Waals surface area (Å²) in [6.07, 6.45) is 1.74. The Kier molecular flexibility index (Phi) is 5.54.